The molecule has 1 unspecified atom stereocenters. The number of nitrogens with zero attached hydrogens (tertiary/aromatic N) is 2. The normalized spacial score (nSPS) is 13.8. The highest BCUT2D eigenvalue weighted by atomic mass is 16.3. The van der Waals surface area contributed by atoms with Crippen LogP contribution in [0.25, 0.3) is 0 Å². The van der Waals surface area contributed by atoms with E-state index in [-0.39, 0.29) is 0 Å². The molecule has 0 saturated carbocycles. The summed E-state index contributed by atoms with van der Waals surface area (Å²) in [6.07, 6.45) is 0.596. The highest BCUT2D eigenvalue weighted by Crippen LogP contribution is 2.27. The van der Waals surface area contributed by atoms with E-state index in [9.17, 15) is 5.11 Å². The van der Waals surface area contributed by atoms with Crippen LogP contribution in [0.4, 0.5) is 5.69 Å². The van der Waals surface area contributed by atoms with Crippen LogP contribution in [0.3, 0.4) is 0 Å². The van der Waals surface area contributed by atoms with Gasteiger partial charge in [-0.05, 0) is 25.0 Å². The third-order valence-electron chi connectivity index (χ3n) is 3.30. The minimum absolute atomic E-state index is 0.521. The fraction of sp³-hybridized carbons (Fsp3) is 0.533. The van der Waals surface area contributed by atoms with Crippen LogP contribution in [0.2, 0.25) is 0 Å². The van der Waals surface area contributed by atoms with E-state index in [2.05, 4.69) is 24.8 Å². The standard InChI is InChI=1S/C15H22N2O/c1-5-11(2)10-17(4)15-8-13(9-16)6-7-14(15)12(3)18/h6-8,11-12,18H,5,10H2,1-4H3/t11?,12-/m1/s1. The van der Waals surface area contributed by atoms with E-state index in [1.54, 1.807) is 13.0 Å². The van der Waals surface area contributed by atoms with Crippen molar-refractivity contribution in [2.75, 3.05) is 18.5 Å². The Morgan fingerprint density at radius 2 is 2.06 bits per heavy atom. The van der Waals surface area contributed by atoms with Gasteiger partial charge in [-0.25, -0.2) is 0 Å². The van der Waals surface area contributed by atoms with Crippen LogP contribution >= 0.6 is 0 Å². The van der Waals surface area contributed by atoms with E-state index in [4.69, 9.17) is 5.26 Å². The average Bonchev–Trinajstić information content (AvgIpc) is 2.37. The second kappa shape index (κ2) is 6.42. The van der Waals surface area contributed by atoms with E-state index < -0.39 is 6.10 Å². The molecule has 0 heterocycles. The maximum Gasteiger partial charge on any atom is 0.0992 e. The van der Waals surface area contributed by atoms with Gasteiger partial charge in [0.25, 0.3) is 0 Å². The fourth-order valence-electron chi connectivity index (χ4n) is 1.99. The Hall–Kier alpha value is -1.53. The van der Waals surface area contributed by atoms with Crippen molar-refractivity contribution < 1.29 is 5.11 Å². The Morgan fingerprint density at radius 1 is 1.39 bits per heavy atom. The molecular formula is C15H22N2O. The maximum atomic E-state index is 9.80. The Balaban J connectivity index is 3.07. The molecule has 1 aromatic rings. The van der Waals surface area contributed by atoms with Crippen LogP contribution < -0.4 is 4.90 Å². The molecule has 2 atom stereocenters. The summed E-state index contributed by atoms with van der Waals surface area (Å²) >= 11 is 0. The molecule has 1 N–H and O–H groups in total. The van der Waals surface area contributed by atoms with Crippen molar-refractivity contribution in [1.29, 1.82) is 5.26 Å². The minimum Gasteiger partial charge on any atom is -0.389 e. The predicted octanol–water partition coefficient (Wildman–Crippen LogP) is 3.09. The monoisotopic (exact) mass is 246 g/mol. The van der Waals surface area contributed by atoms with Crippen LogP contribution in [0.1, 0.15) is 44.4 Å². The second-order valence-electron chi connectivity index (χ2n) is 4.96. The largest absolute Gasteiger partial charge is 0.389 e. The number of hydrogen-bond donors (Lipinski definition) is 1. The van der Waals surface area contributed by atoms with E-state index in [0.29, 0.717) is 11.5 Å². The third kappa shape index (κ3) is 3.48. The number of hydrogen-bond acceptors (Lipinski definition) is 3. The lowest BCUT2D eigenvalue weighted by molar-refractivity contribution is 0.199. The molecule has 0 radical (unpaired) electrons. The smallest absolute Gasteiger partial charge is 0.0992 e. The van der Waals surface area contributed by atoms with Gasteiger partial charge in [-0.15, -0.1) is 0 Å². The summed E-state index contributed by atoms with van der Waals surface area (Å²) in [5, 5.41) is 18.8. The molecule has 0 aliphatic carbocycles. The van der Waals surface area contributed by atoms with Crippen LogP contribution in [0.5, 0.6) is 0 Å². The molecule has 1 aromatic carbocycles. The second-order valence-corrected chi connectivity index (χ2v) is 4.96. The molecule has 0 amide bonds. The summed E-state index contributed by atoms with van der Waals surface area (Å²) in [4.78, 5) is 2.12. The van der Waals surface area contributed by atoms with Crippen molar-refractivity contribution in [3.63, 3.8) is 0 Å². The van der Waals surface area contributed by atoms with E-state index >= 15 is 0 Å². The zero-order valence-electron chi connectivity index (χ0n) is 11.6. The number of benzene rings is 1. The Morgan fingerprint density at radius 3 is 2.56 bits per heavy atom. The lowest BCUT2D eigenvalue weighted by Crippen LogP contribution is -2.25. The molecule has 1 rings (SSSR count). The third-order valence-corrected chi connectivity index (χ3v) is 3.30. The summed E-state index contributed by atoms with van der Waals surface area (Å²) in [5.74, 6) is 0.586. The van der Waals surface area contributed by atoms with Crippen molar-refractivity contribution in [1.82, 2.24) is 0 Å². The number of nitriles is 1. The van der Waals surface area contributed by atoms with Crippen molar-refractivity contribution >= 4 is 5.69 Å². The fourth-order valence-corrected chi connectivity index (χ4v) is 1.99. The highest BCUT2D eigenvalue weighted by Gasteiger charge is 2.14. The van der Waals surface area contributed by atoms with Gasteiger partial charge in [0.2, 0.25) is 0 Å². The maximum absolute atomic E-state index is 9.80. The zero-order chi connectivity index (χ0) is 13.7. The molecule has 98 valence electrons. The molecule has 0 fully saturated rings. The van der Waals surface area contributed by atoms with Gasteiger partial charge in [-0.1, -0.05) is 26.3 Å². The SMILES string of the molecule is CCC(C)CN(C)c1cc(C#N)ccc1[C@@H](C)O. The van der Waals surface area contributed by atoms with Gasteiger partial charge in [0.05, 0.1) is 17.7 Å². The van der Waals surface area contributed by atoms with Crippen molar-refractivity contribution in [3.8, 4) is 6.07 Å². The van der Waals surface area contributed by atoms with Crippen molar-refractivity contribution in [3.05, 3.63) is 29.3 Å². The summed E-state index contributed by atoms with van der Waals surface area (Å²) in [7, 11) is 2.01. The predicted molar refractivity (Wildman–Crippen MR) is 74.5 cm³/mol. The van der Waals surface area contributed by atoms with E-state index in [1.807, 2.05) is 19.2 Å². The average molecular weight is 246 g/mol. The Bertz CT molecular complexity index is 435. The molecule has 0 aromatic heterocycles. The first-order chi connectivity index (χ1) is 8.49. The van der Waals surface area contributed by atoms with Gasteiger partial charge in [-0.3, -0.25) is 0 Å². The van der Waals surface area contributed by atoms with Gasteiger partial charge in [0.15, 0.2) is 0 Å². The van der Waals surface area contributed by atoms with E-state index in [0.717, 1.165) is 24.2 Å². The highest BCUT2D eigenvalue weighted by molar-refractivity contribution is 5.58. The van der Waals surface area contributed by atoms with E-state index in [1.165, 1.54) is 0 Å². The number of aliphatic hydroxyl groups is 1. The number of rotatable bonds is 5. The molecule has 0 bridgehead atoms. The first kappa shape index (κ1) is 14.5. The molecule has 0 spiro atoms. The molecule has 18 heavy (non-hydrogen) atoms. The number of anilines is 1. The van der Waals surface area contributed by atoms with Gasteiger partial charge in [0.1, 0.15) is 0 Å². The Labute approximate surface area is 110 Å². The van der Waals surface area contributed by atoms with Crippen LogP contribution in [0.15, 0.2) is 18.2 Å². The molecule has 0 aliphatic heterocycles. The van der Waals surface area contributed by atoms with Gasteiger partial charge < -0.3 is 10.0 Å². The van der Waals surface area contributed by atoms with Gasteiger partial charge >= 0.3 is 0 Å². The molecule has 0 aliphatic rings. The summed E-state index contributed by atoms with van der Waals surface area (Å²) in [6.45, 7) is 7.04. The number of aliphatic hydroxyl groups excluding tert-OH is 1. The van der Waals surface area contributed by atoms with Crippen LogP contribution in [-0.2, 0) is 0 Å². The summed E-state index contributed by atoms with van der Waals surface area (Å²) < 4.78 is 0. The zero-order valence-corrected chi connectivity index (χ0v) is 11.6. The topological polar surface area (TPSA) is 47.3 Å². The van der Waals surface area contributed by atoms with Crippen LogP contribution in [0, 0.1) is 17.2 Å². The molecule has 3 nitrogen and oxygen atoms in total. The van der Waals surface area contributed by atoms with Gasteiger partial charge in [0, 0.05) is 24.8 Å². The first-order valence-electron chi connectivity index (χ1n) is 6.42. The van der Waals surface area contributed by atoms with Crippen LogP contribution in [-0.4, -0.2) is 18.7 Å². The summed E-state index contributed by atoms with van der Waals surface area (Å²) in [5.41, 5.74) is 2.45. The lowest BCUT2D eigenvalue weighted by Gasteiger charge is -2.26. The van der Waals surface area contributed by atoms with Crippen molar-refractivity contribution in [2.24, 2.45) is 5.92 Å². The first-order valence-corrected chi connectivity index (χ1v) is 6.42. The molecular weight excluding hydrogens is 224 g/mol. The molecule has 3 heteroatoms. The molecule has 0 saturated heterocycles. The minimum atomic E-state index is -0.521. The quantitative estimate of drug-likeness (QED) is 0.868. The van der Waals surface area contributed by atoms with Crippen molar-refractivity contribution in [2.45, 2.75) is 33.3 Å². The summed E-state index contributed by atoms with van der Waals surface area (Å²) in [6, 6.07) is 7.59. The van der Waals surface area contributed by atoms with Gasteiger partial charge in [-0.2, -0.15) is 5.26 Å². The lowest BCUT2D eigenvalue weighted by atomic mass is 10.0. The Kier molecular flexibility index (Phi) is 5.18.